The maximum absolute atomic E-state index is 12.6. The number of rotatable bonds is 5. The number of aromatic nitrogens is 2. The lowest BCUT2D eigenvalue weighted by Crippen LogP contribution is -2.30. The van der Waals surface area contributed by atoms with E-state index in [2.05, 4.69) is 38.2 Å². The van der Waals surface area contributed by atoms with E-state index in [1.165, 1.54) is 0 Å². The van der Waals surface area contributed by atoms with Gasteiger partial charge >= 0.3 is 0 Å². The molecule has 27 heavy (non-hydrogen) atoms. The highest BCUT2D eigenvalue weighted by Crippen LogP contribution is 2.26. The van der Waals surface area contributed by atoms with Crippen molar-refractivity contribution in [1.29, 1.82) is 0 Å². The molecule has 1 fully saturated rings. The largest absolute Gasteiger partial charge is 0.364 e. The molecule has 6 nitrogen and oxygen atoms in total. The Morgan fingerprint density at radius 2 is 2.00 bits per heavy atom. The molecule has 2 heterocycles. The van der Waals surface area contributed by atoms with E-state index >= 15 is 0 Å². The Hall–Kier alpha value is -1.89. The van der Waals surface area contributed by atoms with Crippen molar-refractivity contribution in [3.8, 4) is 0 Å². The first-order valence-corrected chi connectivity index (χ1v) is 9.15. The van der Waals surface area contributed by atoms with Crippen molar-refractivity contribution < 1.29 is 9.53 Å². The topological polar surface area (TPSA) is 82.2 Å². The number of nitrogens with zero attached hydrogens (tertiary/aromatic N) is 2. The van der Waals surface area contributed by atoms with Gasteiger partial charge in [0.2, 0.25) is 0 Å². The molecule has 2 atom stereocenters. The van der Waals surface area contributed by atoms with Crippen LogP contribution in [0.1, 0.15) is 44.9 Å². The van der Waals surface area contributed by atoms with Crippen LogP contribution in [-0.4, -0.2) is 34.4 Å². The zero-order valence-electron chi connectivity index (χ0n) is 16.1. The average molecular weight is 393 g/mol. The number of ether oxygens (including phenoxy) is 1. The first kappa shape index (κ1) is 21.4. The van der Waals surface area contributed by atoms with E-state index in [1.54, 1.807) is 0 Å². The van der Waals surface area contributed by atoms with Crippen LogP contribution in [0, 0.1) is 0 Å². The molecule has 0 aliphatic carbocycles. The molecule has 1 amide bonds. The molecule has 2 aromatic rings. The van der Waals surface area contributed by atoms with E-state index in [0.29, 0.717) is 25.3 Å². The predicted octanol–water partition coefficient (Wildman–Crippen LogP) is 3.10. The molecular formula is C20H29ClN4O2. The highest BCUT2D eigenvalue weighted by Gasteiger charge is 2.31. The van der Waals surface area contributed by atoms with Crippen LogP contribution in [0.15, 0.2) is 36.4 Å². The van der Waals surface area contributed by atoms with Gasteiger partial charge in [-0.15, -0.1) is 12.4 Å². The first-order valence-electron chi connectivity index (χ1n) is 9.15. The third-order valence-electron chi connectivity index (χ3n) is 4.64. The molecule has 0 unspecified atom stereocenters. The van der Waals surface area contributed by atoms with Gasteiger partial charge in [-0.2, -0.15) is 5.10 Å². The number of carbonyl (C=O) groups excluding carboxylic acids is 1. The third-order valence-corrected chi connectivity index (χ3v) is 4.64. The molecule has 3 rings (SSSR count). The van der Waals surface area contributed by atoms with Gasteiger partial charge in [-0.05, 0) is 18.4 Å². The van der Waals surface area contributed by atoms with Crippen LogP contribution in [0.3, 0.4) is 0 Å². The number of nitrogens with two attached hydrogens (primary N) is 1. The Bertz CT molecular complexity index is 755. The minimum Gasteiger partial charge on any atom is -0.364 e. The molecule has 1 aromatic carbocycles. The molecule has 1 aliphatic rings. The lowest BCUT2D eigenvalue weighted by molar-refractivity contribution is -0.126. The monoisotopic (exact) mass is 392 g/mol. The minimum absolute atomic E-state index is 0. The minimum atomic E-state index is -0.443. The third kappa shape index (κ3) is 5.31. The van der Waals surface area contributed by atoms with Crippen molar-refractivity contribution in [2.24, 2.45) is 5.73 Å². The Kier molecular flexibility index (Phi) is 7.03. The normalized spacial score (nSPS) is 19.6. The van der Waals surface area contributed by atoms with Crippen molar-refractivity contribution >= 4 is 24.1 Å². The van der Waals surface area contributed by atoms with Gasteiger partial charge in [0.15, 0.2) is 0 Å². The van der Waals surface area contributed by atoms with Gasteiger partial charge in [-0.3, -0.25) is 4.79 Å². The second-order valence-electron chi connectivity index (χ2n) is 7.86. The van der Waals surface area contributed by atoms with E-state index < -0.39 is 6.10 Å². The van der Waals surface area contributed by atoms with Crippen molar-refractivity contribution in [1.82, 2.24) is 9.78 Å². The highest BCUT2D eigenvalue weighted by atomic mass is 35.5. The quantitative estimate of drug-likeness (QED) is 0.819. The number of hydrogen-bond donors (Lipinski definition) is 2. The molecule has 0 bridgehead atoms. The fourth-order valence-electron chi connectivity index (χ4n) is 3.04. The molecule has 0 saturated carbocycles. The summed E-state index contributed by atoms with van der Waals surface area (Å²) in [6.45, 7) is 7.38. The second kappa shape index (κ2) is 8.87. The number of nitrogens with one attached hydrogen (secondary N) is 1. The van der Waals surface area contributed by atoms with E-state index in [1.807, 2.05) is 28.9 Å². The van der Waals surface area contributed by atoms with Crippen molar-refractivity contribution in [2.75, 3.05) is 11.9 Å². The van der Waals surface area contributed by atoms with Crippen LogP contribution < -0.4 is 11.1 Å². The summed E-state index contributed by atoms with van der Waals surface area (Å²) < 4.78 is 7.56. The van der Waals surface area contributed by atoms with Gasteiger partial charge in [-0.25, -0.2) is 4.68 Å². The average Bonchev–Trinajstić information content (AvgIpc) is 3.23. The van der Waals surface area contributed by atoms with Gasteiger partial charge in [-0.1, -0.05) is 51.1 Å². The summed E-state index contributed by atoms with van der Waals surface area (Å²) >= 11 is 0. The fourth-order valence-corrected chi connectivity index (χ4v) is 3.04. The fraction of sp³-hybridized carbons (Fsp3) is 0.500. The summed E-state index contributed by atoms with van der Waals surface area (Å²) in [5.74, 6) is 0.569. The van der Waals surface area contributed by atoms with Crippen LogP contribution in [0.5, 0.6) is 0 Å². The smallest absolute Gasteiger partial charge is 0.254 e. The molecule has 148 valence electrons. The van der Waals surface area contributed by atoms with Gasteiger partial charge in [0.05, 0.1) is 18.3 Å². The van der Waals surface area contributed by atoms with Crippen LogP contribution >= 0.6 is 12.4 Å². The van der Waals surface area contributed by atoms with E-state index in [-0.39, 0.29) is 29.8 Å². The second-order valence-corrected chi connectivity index (χ2v) is 7.86. The van der Waals surface area contributed by atoms with Crippen LogP contribution in [0.2, 0.25) is 0 Å². The number of amides is 1. The van der Waals surface area contributed by atoms with Gasteiger partial charge in [0, 0.05) is 18.0 Å². The highest BCUT2D eigenvalue weighted by molar-refractivity contribution is 5.93. The lowest BCUT2D eigenvalue weighted by atomic mass is 9.92. The molecule has 1 aliphatic heterocycles. The number of carbonyl (C=O) groups is 1. The summed E-state index contributed by atoms with van der Waals surface area (Å²) in [6.07, 6.45) is 1.06. The summed E-state index contributed by atoms with van der Waals surface area (Å²) in [5, 5.41) is 7.73. The van der Waals surface area contributed by atoms with Gasteiger partial charge < -0.3 is 15.8 Å². The molecule has 0 spiro atoms. The van der Waals surface area contributed by atoms with E-state index in [4.69, 9.17) is 15.6 Å². The summed E-state index contributed by atoms with van der Waals surface area (Å²) in [6, 6.07) is 12.0. The number of halogens is 1. The Labute approximate surface area is 166 Å². The molecular weight excluding hydrogens is 364 g/mol. The Morgan fingerprint density at radius 1 is 1.30 bits per heavy atom. The number of benzene rings is 1. The standard InChI is InChI=1S/C20H28N4O2.ClH/c1-20(2,3)17-11-18(22-19(25)16-10-9-15(12-21)26-16)24(23-17)13-14-7-5-4-6-8-14;/h4-8,11,15-16H,9-10,12-13,21H2,1-3H3,(H,22,25);1H/t15-,16+;/m1./s1. The van der Waals surface area contributed by atoms with Crippen molar-refractivity contribution in [2.45, 2.75) is 57.8 Å². The Morgan fingerprint density at radius 3 is 2.59 bits per heavy atom. The van der Waals surface area contributed by atoms with Crippen LogP contribution in [0.25, 0.3) is 0 Å². The van der Waals surface area contributed by atoms with Gasteiger partial charge in [0.25, 0.3) is 5.91 Å². The predicted molar refractivity (Wildman–Crippen MR) is 109 cm³/mol. The Balaban J connectivity index is 0.00000261. The molecule has 1 saturated heterocycles. The zero-order chi connectivity index (χ0) is 18.7. The zero-order valence-corrected chi connectivity index (χ0v) is 17.0. The van der Waals surface area contributed by atoms with Crippen LogP contribution in [-0.2, 0) is 21.5 Å². The number of hydrogen-bond acceptors (Lipinski definition) is 4. The lowest BCUT2D eigenvalue weighted by Gasteiger charge is -2.14. The van der Waals surface area contributed by atoms with Crippen molar-refractivity contribution in [3.63, 3.8) is 0 Å². The van der Waals surface area contributed by atoms with Crippen LogP contribution in [0.4, 0.5) is 5.82 Å². The molecule has 0 radical (unpaired) electrons. The summed E-state index contributed by atoms with van der Waals surface area (Å²) in [4.78, 5) is 12.6. The maximum atomic E-state index is 12.6. The summed E-state index contributed by atoms with van der Waals surface area (Å²) in [7, 11) is 0. The SMILES string of the molecule is CC(C)(C)c1cc(NC(=O)[C@@H]2CC[C@H](CN)O2)n(Cc2ccccc2)n1.Cl. The molecule has 1 aromatic heterocycles. The molecule has 7 heteroatoms. The molecule has 3 N–H and O–H groups in total. The summed E-state index contributed by atoms with van der Waals surface area (Å²) in [5.41, 5.74) is 7.61. The van der Waals surface area contributed by atoms with E-state index in [9.17, 15) is 4.79 Å². The first-order chi connectivity index (χ1) is 12.4. The van der Waals surface area contributed by atoms with Gasteiger partial charge in [0.1, 0.15) is 11.9 Å². The van der Waals surface area contributed by atoms with Crippen molar-refractivity contribution in [3.05, 3.63) is 47.7 Å². The van der Waals surface area contributed by atoms with E-state index in [0.717, 1.165) is 17.7 Å². The maximum Gasteiger partial charge on any atom is 0.254 e. The number of anilines is 1.